The molecule has 1 amide bonds. The van der Waals surface area contributed by atoms with Gasteiger partial charge in [-0.3, -0.25) is 9.69 Å². The molecule has 0 unspecified atom stereocenters. The van der Waals surface area contributed by atoms with Crippen molar-refractivity contribution in [2.24, 2.45) is 0 Å². The number of piperidine rings is 1. The Labute approximate surface area is 152 Å². The predicted octanol–water partition coefficient (Wildman–Crippen LogP) is 4.11. The van der Waals surface area contributed by atoms with Crippen molar-refractivity contribution >= 4 is 28.8 Å². The number of carbonyl (C=O) groups is 1. The molecule has 1 aliphatic rings. The molecule has 2 aromatic rings. The van der Waals surface area contributed by atoms with E-state index in [4.69, 9.17) is 11.6 Å². The number of hydrogen-bond donors (Lipinski definition) is 1. The highest BCUT2D eigenvalue weighted by molar-refractivity contribution is 7.09. The topological polar surface area (TPSA) is 32.3 Å². The van der Waals surface area contributed by atoms with E-state index in [0.717, 1.165) is 49.5 Å². The molecule has 1 aliphatic heterocycles. The zero-order valence-electron chi connectivity index (χ0n) is 13.7. The molecule has 1 saturated heterocycles. The van der Waals surface area contributed by atoms with Crippen LogP contribution in [0.15, 0.2) is 41.8 Å². The van der Waals surface area contributed by atoms with Crippen LogP contribution in [0.4, 0.5) is 0 Å². The smallest absolute Gasteiger partial charge is 0.220 e. The number of aryl methyl sites for hydroxylation is 1. The second kappa shape index (κ2) is 8.65. The van der Waals surface area contributed by atoms with Gasteiger partial charge >= 0.3 is 0 Å². The number of rotatable bonds is 6. The minimum absolute atomic E-state index is 0.154. The monoisotopic (exact) mass is 362 g/mol. The van der Waals surface area contributed by atoms with Crippen molar-refractivity contribution < 1.29 is 4.79 Å². The van der Waals surface area contributed by atoms with Crippen LogP contribution in [0.3, 0.4) is 0 Å². The first kappa shape index (κ1) is 17.5. The van der Waals surface area contributed by atoms with Crippen molar-refractivity contribution in [3.05, 3.63) is 57.2 Å². The number of nitrogens with one attached hydrogen (secondary N) is 1. The van der Waals surface area contributed by atoms with Crippen molar-refractivity contribution in [1.82, 2.24) is 10.2 Å². The second-order valence-corrected chi connectivity index (χ2v) is 7.79. The van der Waals surface area contributed by atoms with Gasteiger partial charge in [-0.05, 0) is 48.4 Å². The number of thiophene rings is 1. The summed E-state index contributed by atoms with van der Waals surface area (Å²) in [6, 6.07) is 12.3. The molecule has 0 radical (unpaired) electrons. The molecule has 2 heterocycles. The van der Waals surface area contributed by atoms with Crippen LogP contribution in [0.1, 0.15) is 29.7 Å². The van der Waals surface area contributed by atoms with Gasteiger partial charge in [0.25, 0.3) is 0 Å². The van der Waals surface area contributed by atoms with Gasteiger partial charge in [-0.15, -0.1) is 11.3 Å². The first-order chi connectivity index (χ1) is 11.7. The number of nitrogens with zero attached hydrogens (tertiary/aromatic N) is 1. The van der Waals surface area contributed by atoms with E-state index in [1.54, 1.807) is 0 Å². The SMILES string of the molecule is O=C(CCc1ccc(Cl)cc1)NC1CCN(Cc2cccs2)CC1. The zero-order chi connectivity index (χ0) is 16.8. The summed E-state index contributed by atoms with van der Waals surface area (Å²) in [5, 5.41) is 6.05. The molecule has 0 spiro atoms. The van der Waals surface area contributed by atoms with Crippen LogP contribution in [0.5, 0.6) is 0 Å². The maximum atomic E-state index is 12.1. The minimum atomic E-state index is 0.154. The summed E-state index contributed by atoms with van der Waals surface area (Å²) in [5.74, 6) is 0.154. The van der Waals surface area contributed by atoms with Crippen molar-refractivity contribution in [3.63, 3.8) is 0 Å². The van der Waals surface area contributed by atoms with Crippen LogP contribution in [0.2, 0.25) is 5.02 Å². The van der Waals surface area contributed by atoms with Gasteiger partial charge < -0.3 is 5.32 Å². The molecule has 0 atom stereocenters. The van der Waals surface area contributed by atoms with Gasteiger partial charge in [-0.2, -0.15) is 0 Å². The summed E-state index contributed by atoms with van der Waals surface area (Å²) in [5.41, 5.74) is 1.15. The molecule has 128 valence electrons. The normalized spacial score (nSPS) is 16.2. The van der Waals surface area contributed by atoms with E-state index in [1.165, 1.54) is 4.88 Å². The van der Waals surface area contributed by atoms with Gasteiger partial charge in [-0.25, -0.2) is 0 Å². The van der Waals surface area contributed by atoms with E-state index >= 15 is 0 Å². The van der Waals surface area contributed by atoms with E-state index in [0.29, 0.717) is 12.5 Å². The van der Waals surface area contributed by atoms with Crippen molar-refractivity contribution in [2.45, 2.75) is 38.3 Å². The summed E-state index contributed by atoms with van der Waals surface area (Å²) in [7, 11) is 0. The Bertz CT molecular complexity index is 634. The molecule has 1 N–H and O–H groups in total. The lowest BCUT2D eigenvalue weighted by Crippen LogP contribution is -2.44. The minimum Gasteiger partial charge on any atom is -0.353 e. The van der Waals surface area contributed by atoms with Crippen LogP contribution in [-0.4, -0.2) is 29.9 Å². The second-order valence-electron chi connectivity index (χ2n) is 6.32. The highest BCUT2D eigenvalue weighted by Gasteiger charge is 2.20. The van der Waals surface area contributed by atoms with E-state index in [1.807, 2.05) is 35.6 Å². The van der Waals surface area contributed by atoms with Crippen LogP contribution in [-0.2, 0) is 17.8 Å². The van der Waals surface area contributed by atoms with E-state index < -0.39 is 0 Å². The van der Waals surface area contributed by atoms with Crippen molar-refractivity contribution in [2.75, 3.05) is 13.1 Å². The Hall–Kier alpha value is -1.36. The summed E-state index contributed by atoms with van der Waals surface area (Å²) < 4.78 is 0. The molecule has 5 heteroatoms. The molecule has 3 rings (SSSR count). The largest absolute Gasteiger partial charge is 0.353 e. The van der Waals surface area contributed by atoms with E-state index in [9.17, 15) is 4.79 Å². The summed E-state index contributed by atoms with van der Waals surface area (Å²) in [4.78, 5) is 16.0. The van der Waals surface area contributed by atoms with Gasteiger partial charge in [-0.1, -0.05) is 29.8 Å². The van der Waals surface area contributed by atoms with Crippen LogP contribution >= 0.6 is 22.9 Å². The number of carbonyl (C=O) groups excluding carboxylic acids is 1. The van der Waals surface area contributed by atoms with Gasteiger partial charge in [0, 0.05) is 42.0 Å². The standard InChI is InChI=1S/C19H23ClN2OS/c20-16-6-3-15(4-7-16)5-8-19(23)21-17-9-11-22(12-10-17)14-18-2-1-13-24-18/h1-4,6-7,13,17H,5,8-12,14H2,(H,21,23). The third-order valence-electron chi connectivity index (χ3n) is 4.47. The quantitative estimate of drug-likeness (QED) is 0.838. The highest BCUT2D eigenvalue weighted by Crippen LogP contribution is 2.17. The molecule has 24 heavy (non-hydrogen) atoms. The fourth-order valence-corrected chi connectivity index (χ4v) is 3.94. The first-order valence-electron chi connectivity index (χ1n) is 8.47. The summed E-state index contributed by atoms with van der Waals surface area (Å²) in [6.45, 7) is 3.15. The van der Waals surface area contributed by atoms with Crippen LogP contribution < -0.4 is 5.32 Å². The number of benzene rings is 1. The molecule has 0 aliphatic carbocycles. The Morgan fingerprint density at radius 1 is 1.21 bits per heavy atom. The lowest BCUT2D eigenvalue weighted by atomic mass is 10.0. The predicted molar refractivity (Wildman–Crippen MR) is 101 cm³/mol. The van der Waals surface area contributed by atoms with Crippen molar-refractivity contribution in [1.29, 1.82) is 0 Å². The molecule has 3 nitrogen and oxygen atoms in total. The van der Waals surface area contributed by atoms with Crippen molar-refractivity contribution in [3.8, 4) is 0 Å². The average Bonchev–Trinajstić information content (AvgIpc) is 3.09. The molecule has 0 bridgehead atoms. The van der Waals surface area contributed by atoms with Crippen LogP contribution in [0, 0.1) is 0 Å². The maximum absolute atomic E-state index is 12.1. The van der Waals surface area contributed by atoms with Gasteiger partial charge in [0.2, 0.25) is 5.91 Å². The molecule has 1 fully saturated rings. The number of halogens is 1. The van der Waals surface area contributed by atoms with Gasteiger partial charge in [0.15, 0.2) is 0 Å². The molecule has 0 saturated carbocycles. The number of hydrogen-bond acceptors (Lipinski definition) is 3. The Morgan fingerprint density at radius 3 is 2.62 bits per heavy atom. The summed E-state index contributed by atoms with van der Waals surface area (Å²) >= 11 is 7.69. The Morgan fingerprint density at radius 2 is 1.96 bits per heavy atom. The van der Waals surface area contributed by atoms with Gasteiger partial charge in [0.1, 0.15) is 0 Å². The fourth-order valence-electron chi connectivity index (χ4n) is 3.07. The average molecular weight is 363 g/mol. The third kappa shape index (κ3) is 5.33. The highest BCUT2D eigenvalue weighted by atomic mass is 35.5. The lowest BCUT2D eigenvalue weighted by Gasteiger charge is -2.32. The first-order valence-corrected chi connectivity index (χ1v) is 9.73. The molecular weight excluding hydrogens is 340 g/mol. The molecule has 1 aromatic heterocycles. The van der Waals surface area contributed by atoms with Gasteiger partial charge in [0.05, 0.1) is 0 Å². The van der Waals surface area contributed by atoms with E-state index in [2.05, 4.69) is 27.7 Å². The Kier molecular flexibility index (Phi) is 6.30. The van der Waals surface area contributed by atoms with Crippen LogP contribution in [0.25, 0.3) is 0 Å². The third-order valence-corrected chi connectivity index (χ3v) is 5.58. The lowest BCUT2D eigenvalue weighted by molar-refractivity contribution is -0.122. The Balaban J connectivity index is 1.36. The molecular formula is C19H23ClN2OS. The van der Waals surface area contributed by atoms with E-state index in [-0.39, 0.29) is 5.91 Å². The summed E-state index contributed by atoms with van der Waals surface area (Å²) in [6.07, 6.45) is 3.38. The fraction of sp³-hybridized carbons (Fsp3) is 0.421. The zero-order valence-corrected chi connectivity index (χ0v) is 15.3. The number of amides is 1. The maximum Gasteiger partial charge on any atom is 0.220 e. The number of likely N-dealkylation sites (tertiary alicyclic amines) is 1. The molecule has 1 aromatic carbocycles.